The van der Waals surface area contributed by atoms with Crippen molar-refractivity contribution < 1.29 is 32.6 Å². The van der Waals surface area contributed by atoms with Crippen molar-refractivity contribution in [2.45, 2.75) is 50.3 Å². The van der Waals surface area contributed by atoms with Crippen LogP contribution in [0.5, 0.6) is 5.75 Å². The maximum Gasteiger partial charge on any atom is 0.362 e. The summed E-state index contributed by atoms with van der Waals surface area (Å²) in [6.07, 6.45) is -2.80. The molecule has 0 spiro atoms. The van der Waals surface area contributed by atoms with Crippen LogP contribution in [-0.2, 0) is 27.8 Å². The van der Waals surface area contributed by atoms with Gasteiger partial charge in [0.25, 0.3) is 0 Å². The van der Waals surface area contributed by atoms with Gasteiger partial charge >= 0.3 is 7.60 Å². The summed E-state index contributed by atoms with van der Waals surface area (Å²) in [4.78, 5) is 0. The Bertz CT molecular complexity index is 930. The number of benzene rings is 2. The molecule has 29 heavy (non-hydrogen) atoms. The van der Waals surface area contributed by atoms with Crippen molar-refractivity contribution in [3.05, 3.63) is 60.2 Å². The zero-order valence-corrected chi connectivity index (χ0v) is 17.3. The highest BCUT2D eigenvalue weighted by Gasteiger charge is 2.62. The second-order valence-electron chi connectivity index (χ2n) is 7.77. The van der Waals surface area contributed by atoms with E-state index in [4.69, 9.17) is 28.0 Å². The van der Waals surface area contributed by atoms with Crippen LogP contribution >= 0.6 is 7.60 Å². The monoisotopic (exact) mass is 418 g/mol. The van der Waals surface area contributed by atoms with Gasteiger partial charge in [0, 0.05) is 0 Å². The Morgan fingerprint density at radius 3 is 2.31 bits per heavy atom. The van der Waals surface area contributed by atoms with E-state index in [9.17, 15) is 4.57 Å². The van der Waals surface area contributed by atoms with Crippen LogP contribution in [-0.4, -0.2) is 37.5 Å². The lowest BCUT2D eigenvalue weighted by Crippen LogP contribution is -2.44. The lowest BCUT2D eigenvalue weighted by atomic mass is 9.99. The van der Waals surface area contributed by atoms with Crippen molar-refractivity contribution in [1.82, 2.24) is 0 Å². The Labute approximate surface area is 169 Å². The minimum atomic E-state index is -3.61. The third kappa shape index (κ3) is 3.32. The third-order valence-electron chi connectivity index (χ3n) is 5.35. The molecule has 3 fully saturated rings. The van der Waals surface area contributed by atoms with Crippen molar-refractivity contribution in [2.24, 2.45) is 0 Å². The SMILES string of the molecule is COc1ccc([C@@H]2OP(=O)(c3ccccc3)O[C@@H]3[C@H]4OC(C)(C)O[C@H]4O[C@@H]32)cc1. The van der Waals surface area contributed by atoms with Gasteiger partial charge in [-0.15, -0.1) is 0 Å². The highest BCUT2D eigenvalue weighted by Crippen LogP contribution is 2.61. The molecular formula is C21H23O7P. The highest BCUT2D eigenvalue weighted by atomic mass is 31.2. The van der Waals surface area contributed by atoms with Crippen molar-refractivity contribution >= 4 is 12.9 Å². The van der Waals surface area contributed by atoms with E-state index in [1.54, 1.807) is 19.2 Å². The van der Waals surface area contributed by atoms with Gasteiger partial charge in [-0.25, -0.2) is 0 Å². The van der Waals surface area contributed by atoms with Gasteiger partial charge in [-0.3, -0.25) is 13.6 Å². The van der Waals surface area contributed by atoms with E-state index >= 15 is 0 Å². The quantitative estimate of drug-likeness (QED) is 0.706. The molecule has 0 N–H and O–H groups in total. The number of methoxy groups -OCH3 is 1. The minimum Gasteiger partial charge on any atom is -0.497 e. The predicted molar refractivity (Wildman–Crippen MR) is 104 cm³/mol. The van der Waals surface area contributed by atoms with Crippen molar-refractivity contribution in [2.75, 3.05) is 7.11 Å². The van der Waals surface area contributed by atoms with Gasteiger partial charge in [0.05, 0.1) is 12.4 Å². The summed E-state index contributed by atoms with van der Waals surface area (Å²) in [6, 6.07) is 16.4. The largest absolute Gasteiger partial charge is 0.497 e. The van der Waals surface area contributed by atoms with Crippen LogP contribution in [0.1, 0.15) is 25.5 Å². The number of rotatable bonds is 3. The van der Waals surface area contributed by atoms with Crippen molar-refractivity contribution in [1.29, 1.82) is 0 Å². The fourth-order valence-electron chi connectivity index (χ4n) is 4.04. The fraction of sp³-hybridized carbons (Fsp3) is 0.429. The van der Waals surface area contributed by atoms with Crippen LogP contribution in [0.25, 0.3) is 0 Å². The lowest BCUT2D eigenvalue weighted by molar-refractivity contribution is -0.229. The van der Waals surface area contributed by atoms with E-state index < -0.39 is 44.1 Å². The van der Waals surface area contributed by atoms with Crippen LogP contribution in [0.2, 0.25) is 0 Å². The average molecular weight is 418 g/mol. The molecule has 3 saturated heterocycles. The van der Waals surface area contributed by atoms with Crippen molar-refractivity contribution in [3.63, 3.8) is 0 Å². The summed E-state index contributed by atoms with van der Waals surface area (Å²) < 4.78 is 49.3. The standard InChI is InChI=1S/C21H23O7P/c1-21(2)25-19-18-17(24-20(19)26-21)16(13-9-11-14(23-3)12-10-13)27-29(22,28-18)15-7-5-4-6-8-15/h4-12,16-20H,1-3H3/t16-,17+,18-,19+,20+,29?/m0/s1. The van der Waals surface area contributed by atoms with Crippen molar-refractivity contribution in [3.8, 4) is 5.75 Å². The Hall–Kier alpha value is -1.73. The first kappa shape index (κ1) is 19.2. The number of fused-ring (bicyclic) bond motifs is 3. The Morgan fingerprint density at radius 2 is 1.62 bits per heavy atom. The molecule has 7 nitrogen and oxygen atoms in total. The van der Waals surface area contributed by atoms with E-state index in [1.165, 1.54) is 0 Å². The Balaban J connectivity index is 1.54. The molecular weight excluding hydrogens is 395 g/mol. The molecule has 0 aliphatic carbocycles. The van der Waals surface area contributed by atoms with Crippen LogP contribution in [0.3, 0.4) is 0 Å². The molecule has 154 valence electrons. The third-order valence-corrected chi connectivity index (χ3v) is 7.31. The van der Waals surface area contributed by atoms with Gasteiger partial charge in [0.1, 0.15) is 30.2 Å². The van der Waals surface area contributed by atoms with E-state index in [0.29, 0.717) is 5.30 Å². The first-order chi connectivity index (χ1) is 13.9. The molecule has 3 heterocycles. The van der Waals surface area contributed by atoms with E-state index in [1.807, 2.05) is 56.3 Å². The van der Waals surface area contributed by atoms with E-state index in [0.717, 1.165) is 11.3 Å². The summed E-state index contributed by atoms with van der Waals surface area (Å²) in [5.74, 6) is -0.0739. The zero-order valence-electron chi connectivity index (χ0n) is 16.4. The first-order valence-electron chi connectivity index (χ1n) is 9.56. The average Bonchev–Trinajstić information content (AvgIpc) is 3.20. The number of ether oxygens (including phenoxy) is 4. The summed E-state index contributed by atoms with van der Waals surface area (Å²) in [5.41, 5.74) is 0.819. The van der Waals surface area contributed by atoms with E-state index in [-0.39, 0.29) is 0 Å². The summed E-state index contributed by atoms with van der Waals surface area (Å²) in [7, 11) is -2.01. The smallest absolute Gasteiger partial charge is 0.362 e. The van der Waals surface area contributed by atoms with Gasteiger partial charge in [-0.1, -0.05) is 30.3 Å². The number of hydrogen-bond acceptors (Lipinski definition) is 7. The molecule has 0 saturated carbocycles. The molecule has 0 amide bonds. The molecule has 0 radical (unpaired) electrons. The fourth-order valence-corrected chi connectivity index (χ4v) is 5.97. The lowest BCUT2D eigenvalue weighted by Gasteiger charge is -2.39. The molecule has 3 aliphatic heterocycles. The maximum absolute atomic E-state index is 13.8. The van der Waals surface area contributed by atoms with Gasteiger partial charge in [0.2, 0.25) is 0 Å². The molecule has 2 aromatic rings. The van der Waals surface area contributed by atoms with E-state index in [2.05, 4.69) is 0 Å². The molecule has 5 rings (SSSR count). The van der Waals surface area contributed by atoms with Crippen LogP contribution in [0.15, 0.2) is 54.6 Å². The van der Waals surface area contributed by atoms with Gasteiger partial charge in [-0.05, 0) is 43.7 Å². The Kier molecular flexibility index (Phi) is 4.59. The second kappa shape index (κ2) is 6.91. The zero-order chi connectivity index (χ0) is 20.2. The second-order valence-corrected chi connectivity index (χ2v) is 9.70. The maximum atomic E-state index is 13.8. The normalized spacial score (nSPS) is 37.7. The minimum absolute atomic E-state index is 0.489. The molecule has 6 atom stereocenters. The molecule has 0 aromatic heterocycles. The molecule has 2 aromatic carbocycles. The van der Waals surface area contributed by atoms with Crippen LogP contribution < -0.4 is 10.0 Å². The molecule has 3 aliphatic rings. The van der Waals surface area contributed by atoms with Gasteiger partial charge in [-0.2, -0.15) is 0 Å². The number of hydrogen-bond donors (Lipinski definition) is 0. The van der Waals surface area contributed by atoms with Crippen LogP contribution in [0.4, 0.5) is 0 Å². The molecule has 8 heteroatoms. The summed E-state index contributed by atoms with van der Waals surface area (Å²) in [6.45, 7) is 3.64. The van der Waals surface area contributed by atoms with Gasteiger partial charge < -0.3 is 18.9 Å². The topological polar surface area (TPSA) is 72.5 Å². The van der Waals surface area contributed by atoms with Crippen LogP contribution in [0, 0.1) is 0 Å². The molecule has 0 bridgehead atoms. The predicted octanol–water partition coefficient (Wildman–Crippen LogP) is 3.55. The summed E-state index contributed by atoms with van der Waals surface area (Å²) in [5, 5.41) is 0.499. The van der Waals surface area contributed by atoms with Gasteiger partial charge in [0.15, 0.2) is 12.1 Å². The molecule has 1 unspecified atom stereocenters. The first-order valence-corrected chi connectivity index (χ1v) is 11.1. The summed E-state index contributed by atoms with van der Waals surface area (Å²) >= 11 is 0. The Morgan fingerprint density at radius 1 is 0.897 bits per heavy atom. The highest BCUT2D eigenvalue weighted by molar-refractivity contribution is 7.62.